The molecule has 2 atom stereocenters. The summed E-state index contributed by atoms with van der Waals surface area (Å²) in [6, 6.07) is 0. The highest BCUT2D eigenvalue weighted by atomic mass is 16.6. The summed E-state index contributed by atoms with van der Waals surface area (Å²) in [5.74, 6) is 1.11. The molecule has 1 amide bonds. The van der Waals surface area contributed by atoms with Gasteiger partial charge in [0, 0.05) is 25.2 Å². The number of nitrogens with zero attached hydrogens (tertiary/aromatic N) is 1. The molecule has 0 aromatic heterocycles. The largest absolute Gasteiger partial charge is 0.451 e. The average Bonchev–Trinajstić information content (AvgIpc) is 2.75. The van der Waals surface area contributed by atoms with Crippen molar-refractivity contribution in [1.29, 1.82) is 0 Å². The fourth-order valence-electron chi connectivity index (χ4n) is 5.35. The lowest BCUT2D eigenvalue weighted by Crippen LogP contribution is -2.41. The van der Waals surface area contributed by atoms with Crippen LogP contribution < -0.4 is 5.32 Å². The molecule has 5 heteroatoms. The zero-order valence-electron chi connectivity index (χ0n) is 17.3. The number of nitrogens with one attached hydrogen (secondary N) is 1. The Kier molecular flexibility index (Phi) is 6.61. The first-order chi connectivity index (χ1) is 12.9. The van der Waals surface area contributed by atoms with Crippen LogP contribution in [-0.2, 0) is 14.3 Å². The molecule has 152 valence electrons. The molecule has 3 aliphatic rings. The molecule has 1 N–H and O–H groups in total. The van der Waals surface area contributed by atoms with E-state index in [0.29, 0.717) is 17.7 Å². The van der Waals surface area contributed by atoms with Crippen molar-refractivity contribution in [2.75, 3.05) is 26.2 Å². The van der Waals surface area contributed by atoms with E-state index >= 15 is 0 Å². The summed E-state index contributed by atoms with van der Waals surface area (Å²) in [6.45, 7) is 10.4. The van der Waals surface area contributed by atoms with Gasteiger partial charge in [0.2, 0.25) is 0 Å². The molecule has 3 rings (SSSR count). The Bertz CT molecular complexity index is 580. The number of carbonyl (C=O) groups excluding carboxylic acids is 2. The van der Waals surface area contributed by atoms with Crippen molar-refractivity contribution < 1.29 is 14.3 Å². The molecule has 2 fully saturated rings. The van der Waals surface area contributed by atoms with E-state index in [2.05, 4.69) is 24.1 Å². The van der Waals surface area contributed by atoms with Crippen LogP contribution in [0.1, 0.15) is 72.1 Å². The maximum Gasteiger partial charge on any atom is 0.335 e. The summed E-state index contributed by atoms with van der Waals surface area (Å²) in [6.07, 6.45) is 8.16. The molecule has 1 aliphatic carbocycles. The van der Waals surface area contributed by atoms with Crippen LogP contribution in [-0.4, -0.2) is 48.6 Å². The van der Waals surface area contributed by atoms with Crippen LogP contribution in [0.2, 0.25) is 0 Å². The lowest BCUT2D eigenvalue weighted by atomic mass is 9.84. The van der Waals surface area contributed by atoms with Crippen molar-refractivity contribution in [3.05, 3.63) is 11.1 Å². The first kappa shape index (κ1) is 20.4. The smallest absolute Gasteiger partial charge is 0.335 e. The van der Waals surface area contributed by atoms with E-state index in [1.807, 2.05) is 0 Å². The van der Waals surface area contributed by atoms with Gasteiger partial charge in [0.1, 0.15) is 5.60 Å². The van der Waals surface area contributed by atoms with Gasteiger partial charge >= 0.3 is 5.97 Å². The number of carbonyl (C=O) groups is 2. The minimum absolute atomic E-state index is 0.0966. The van der Waals surface area contributed by atoms with Gasteiger partial charge in [-0.3, -0.25) is 4.79 Å². The lowest BCUT2D eigenvalue weighted by Gasteiger charge is -2.35. The Balaban J connectivity index is 1.54. The highest BCUT2D eigenvalue weighted by Crippen LogP contribution is 2.42. The van der Waals surface area contributed by atoms with Gasteiger partial charge in [0.05, 0.1) is 5.57 Å². The van der Waals surface area contributed by atoms with Gasteiger partial charge in [0.15, 0.2) is 0 Å². The molecule has 1 saturated carbocycles. The number of esters is 1. The number of rotatable bonds is 5. The molecule has 2 aliphatic heterocycles. The third kappa shape index (κ3) is 4.74. The van der Waals surface area contributed by atoms with Crippen LogP contribution in [0.4, 0.5) is 0 Å². The molecule has 0 radical (unpaired) electrons. The standard InChI is InChI=1S/C22H36N2O3/c1-16-13-17(2)15-24(14-16)12-8-11-23-20(25)19-18(3)21(26)27-22(19)9-6-4-5-7-10-22/h16-17H,4-15H2,1-3H3,(H,23,25)/t16-,17-/m0/s1. The third-order valence-corrected chi connectivity index (χ3v) is 6.44. The fraction of sp³-hybridized carbons (Fsp3) is 0.818. The highest BCUT2D eigenvalue weighted by molar-refractivity contribution is 6.07. The Morgan fingerprint density at radius 2 is 1.78 bits per heavy atom. The molecule has 5 nitrogen and oxygen atoms in total. The molecule has 0 aromatic rings. The van der Waals surface area contributed by atoms with Crippen LogP contribution in [0.5, 0.6) is 0 Å². The minimum Gasteiger partial charge on any atom is -0.451 e. The quantitative estimate of drug-likeness (QED) is 0.590. The number of piperidine rings is 1. The Labute approximate surface area is 163 Å². The summed E-state index contributed by atoms with van der Waals surface area (Å²) in [4.78, 5) is 27.7. The Morgan fingerprint density at radius 1 is 1.15 bits per heavy atom. The second-order valence-corrected chi connectivity index (χ2v) is 9.11. The van der Waals surface area contributed by atoms with E-state index in [9.17, 15) is 9.59 Å². The third-order valence-electron chi connectivity index (χ3n) is 6.44. The van der Waals surface area contributed by atoms with Crippen LogP contribution in [0.15, 0.2) is 11.1 Å². The maximum atomic E-state index is 12.9. The average molecular weight is 377 g/mol. The number of hydrogen-bond donors (Lipinski definition) is 1. The van der Waals surface area contributed by atoms with Crippen molar-refractivity contribution in [3.8, 4) is 0 Å². The number of hydrogen-bond acceptors (Lipinski definition) is 4. The normalized spacial score (nSPS) is 28.9. The van der Waals surface area contributed by atoms with Gasteiger partial charge in [-0.1, -0.05) is 26.7 Å². The molecular weight excluding hydrogens is 340 g/mol. The van der Waals surface area contributed by atoms with Crippen LogP contribution in [0.25, 0.3) is 0 Å². The predicted molar refractivity (Wildman–Crippen MR) is 106 cm³/mol. The van der Waals surface area contributed by atoms with E-state index in [4.69, 9.17) is 4.74 Å². The summed E-state index contributed by atoms with van der Waals surface area (Å²) in [7, 11) is 0. The van der Waals surface area contributed by atoms with Gasteiger partial charge in [-0.05, 0) is 63.8 Å². The van der Waals surface area contributed by atoms with Gasteiger partial charge in [0.25, 0.3) is 5.91 Å². The van der Waals surface area contributed by atoms with Crippen molar-refractivity contribution >= 4 is 11.9 Å². The lowest BCUT2D eigenvalue weighted by molar-refractivity contribution is -0.148. The van der Waals surface area contributed by atoms with Crippen LogP contribution >= 0.6 is 0 Å². The summed E-state index contributed by atoms with van der Waals surface area (Å²) < 4.78 is 5.76. The van der Waals surface area contributed by atoms with Crippen molar-refractivity contribution in [2.45, 2.75) is 77.7 Å². The fourth-order valence-corrected chi connectivity index (χ4v) is 5.35. The van der Waals surface area contributed by atoms with Gasteiger partial charge in [-0.25, -0.2) is 4.79 Å². The monoisotopic (exact) mass is 376 g/mol. The first-order valence-corrected chi connectivity index (χ1v) is 10.9. The van der Waals surface area contributed by atoms with Crippen molar-refractivity contribution in [1.82, 2.24) is 10.2 Å². The van der Waals surface area contributed by atoms with Crippen LogP contribution in [0, 0.1) is 11.8 Å². The van der Waals surface area contributed by atoms with Crippen molar-refractivity contribution in [3.63, 3.8) is 0 Å². The number of amides is 1. The van der Waals surface area contributed by atoms with E-state index < -0.39 is 5.60 Å². The van der Waals surface area contributed by atoms with Gasteiger partial charge < -0.3 is 15.0 Å². The van der Waals surface area contributed by atoms with Crippen LogP contribution in [0.3, 0.4) is 0 Å². The zero-order chi connectivity index (χ0) is 19.4. The zero-order valence-corrected chi connectivity index (χ0v) is 17.3. The molecule has 27 heavy (non-hydrogen) atoms. The maximum absolute atomic E-state index is 12.9. The predicted octanol–water partition coefficient (Wildman–Crippen LogP) is 3.44. The second kappa shape index (κ2) is 8.76. The molecule has 1 spiro atoms. The molecule has 0 aromatic carbocycles. The SMILES string of the molecule is CC1=C(C(=O)NCCCN2C[C@@H](C)C[C@H](C)C2)C2(CCCCCC2)OC1=O. The van der Waals surface area contributed by atoms with E-state index in [-0.39, 0.29) is 11.9 Å². The molecule has 0 unspecified atom stereocenters. The summed E-state index contributed by atoms with van der Waals surface area (Å²) in [5, 5.41) is 3.07. The molecular formula is C22H36N2O3. The van der Waals surface area contributed by atoms with Gasteiger partial charge in [-0.15, -0.1) is 0 Å². The minimum atomic E-state index is -0.667. The van der Waals surface area contributed by atoms with E-state index in [0.717, 1.165) is 76.4 Å². The second-order valence-electron chi connectivity index (χ2n) is 9.11. The topological polar surface area (TPSA) is 58.6 Å². The summed E-state index contributed by atoms with van der Waals surface area (Å²) in [5.41, 5.74) is 0.446. The van der Waals surface area contributed by atoms with E-state index in [1.165, 1.54) is 6.42 Å². The summed E-state index contributed by atoms with van der Waals surface area (Å²) >= 11 is 0. The highest BCUT2D eigenvalue weighted by Gasteiger charge is 2.48. The van der Waals surface area contributed by atoms with Crippen molar-refractivity contribution in [2.24, 2.45) is 11.8 Å². The van der Waals surface area contributed by atoms with E-state index in [1.54, 1.807) is 6.92 Å². The number of ether oxygens (including phenoxy) is 1. The van der Waals surface area contributed by atoms with Gasteiger partial charge in [-0.2, -0.15) is 0 Å². The molecule has 0 bridgehead atoms. The molecule has 2 heterocycles. The Morgan fingerprint density at radius 3 is 2.41 bits per heavy atom. The Hall–Kier alpha value is -1.36. The first-order valence-electron chi connectivity index (χ1n) is 10.9. The number of likely N-dealkylation sites (tertiary alicyclic amines) is 1. The molecule has 1 saturated heterocycles.